The summed E-state index contributed by atoms with van der Waals surface area (Å²) in [5.74, 6) is -2.90. The Kier molecular flexibility index (Phi) is 4.29. The number of hydrogen-bond donors (Lipinski definition) is 0. The van der Waals surface area contributed by atoms with E-state index in [1.54, 1.807) is 0 Å². The zero-order valence-corrected chi connectivity index (χ0v) is 11.0. The van der Waals surface area contributed by atoms with Gasteiger partial charge in [-0.15, -0.1) is 0 Å². The molecule has 3 nitrogen and oxygen atoms in total. The molecule has 0 aromatic heterocycles. The number of benzene rings is 1. The summed E-state index contributed by atoms with van der Waals surface area (Å²) >= 11 is 2.94. The maximum Gasteiger partial charge on any atom is 0.344 e. The SMILES string of the molecule is O=C(OCC1CCCO1)c1c(F)cc(Br)cc1F. The van der Waals surface area contributed by atoms with E-state index in [1.807, 2.05) is 0 Å². The van der Waals surface area contributed by atoms with Crippen molar-refractivity contribution in [1.29, 1.82) is 0 Å². The highest BCUT2D eigenvalue weighted by Gasteiger charge is 2.22. The molecule has 1 aliphatic heterocycles. The lowest BCUT2D eigenvalue weighted by Gasteiger charge is -2.11. The number of hydrogen-bond acceptors (Lipinski definition) is 3. The average molecular weight is 321 g/mol. The van der Waals surface area contributed by atoms with Gasteiger partial charge in [-0.25, -0.2) is 13.6 Å². The van der Waals surface area contributed by atoms with Crippen LogP contribution >= 0.6 is 15.9 Å². The minimum absolute atomic E-state index is 0.0216. The van der Waals surface area contributed by atoms with Gasteiger partial charge in [0.1, 0.15) is 23.8 Å². The first-order valence-corrected chi connectivity index (χ1v) is 6.30. The van der Waals surface area contributed by atoms with Crippen LogP contribution in [-0.4, -0.2) is 25.3 Å². The van der Waals surface area contributed by atoms with Crippen LogP contribution in [0, 0.1) is 11.6 Å². The monoisotopic (exact) mass is 320 g/mol. The second-order valence-electron chi connectivity index (χ2n) is 3.98. The molecule has 0 bridgehead atoms. The van der Waals surface area contributed by atoms with Gasteiger partial charge in [0, 0.05) is 11.1 Å². The summed E-state index contributed by atoms with van der Waals surface area (Å²) in [6, 6.07) is 2.04. The van der Waals surface area contributed by atoms with Crippen molar-refractivity contribution in [2.75, 3.05) is 13.2 Å². The summed E-state index contributed by atoms with van der Waals surface area (Å²) in [5, 5.41) is 0. The standard InChI is InChI=1S/C12H11BrF2O3/c13-7-4-9(14)11(10(15)5-7)12(16)18-6-8-2-1-3-17-8/h4-5,8H,1-3,6H2. The first-order chi connectivity index (χ1) is 8.58. The third-order valence-electron chi connectivity index (χ3n) is 2.64. The Morgan fingerprint density at radius 2 is 2.11 bits per heavy atom. The van der Waals surface area contributed by atoms with Gasteiger partial charge >= 0.3 is 5.97 Å². The lowest BCUT2D eigenvalue weighted by atomic mass is 10.2. The quantitative estimate of drug-likeness (QED) is 0.803. The number of ether oxygens (including phenoxy) is 2. The van der Waals surface area contributed by atoms with Gasteiger partial charge in [-0.2, -0.15) is 0 Å². The molecule has 1 aromatic carbocycles. The molecule has 98 valence electrons. The molecule has 0 radical (unpaired) electrons. The predicted octanol–water partition coefficient (Wildman–Crippen LogP) is 3.06. The van der Waals surface area contributed by atoms with E-state index in [1.165, 1.54) is 0 Å². The van der Waals surface area contributed by atoms with Crippen LogP contribution in [0.3, 0.4) is 0 Å². The maximum absolute atomic E-state index is 13.5. The number of carbonyl (C=O) groups excluding carboxylic acids is 1. The van der Waals surface area contributed by atoms with Crippen molar-refractivity contribution in [2.24, 2.45) is 0 Å². The van der Waals surface area contributed by atoms with E-state index < -0.39 is 23.2 Å². The summed E-state index contributed by atoms with van der Waals surface area (Å²) in [6.07, 6.45) is 1.53. The van der Waals surface area contributed by atoms with Gasteiger partial charge in [0.2, 0.25) is 0 Å². The van der Waals surface area contributed by atoms with Crippen molar-refractivity contribution in [2.45, 2.75) is 18.9 Å². The van der Waals surface area contributed by atoms with E-state index in [-0.39, 0.29) is 17.2 Å². The van der Waals surface area contributed by atoms with E-state index in [0.717, 1.165) is 25.0 Å². The molecule has 1 unspecified atom stereocenters. The zero-order valence-electron chi connectivity index (χ0n) is 9.42. The third-order valence-corrected chi connectivity index (χ3v) is 3.09. The van der Waals surface area contributed by atoms with Gasteiger partial charge in [0.25, 0.3) is 0 Å². The van der Waals surface area contributed by atoms with Crippen LogP contribution in [0.1, 0.15) is 23.2 Å². The molecule has 0 saturated carbocycles. The fourth-order valence-corrected chi connectivity index (χ4v) is 2.16. The molecule has 6 heteroatoms. The first kappa shape index (κ1) is 13.4. The Morgan fingerprint density at radius 3 is 2.67 bits per heavy atom. The Morgan fingerprint density at radius 1 is 1.44 bits per heavy atom. The van der Waals surface area contributed by atoms with Crippen molar-refractivity contribution >= 4 is 21.9 Å². The van der Waals surface area contributed by atoms with Crippen LogP contribution in [-0.2, 0) is 9.47 Å². The summed E-state index contributed by atoms with van der Waals surface area (Å²) in [4.78, 5) is 11.6. The topological polar surface area (TPSA) is 35.5 Å². The maximum atomic E-state index is 13.5. The smallest absolute Gasteiger partial charge is 0.344 e. The van der Waals surface area contributed by atoms with Crippen molar-refractivity contribution in [3.8, 4) is 0 Å². The second kappa shape index (κ2) is 5.75. The van der Waals surface area contributed by atoms with Crippen molar-refractivity contribution in [3.05, 3.63) is 33.8 Å². The molecule has 1 heterocycles. The Labute approximate surface area is 111 Å². The highest BCUT2D eigenvalue weighted by molar-refractivity contribution is 9.10. The first-order valence-electron chi connectivity index (χ1n) is 5.51. The molecule has 1 aliphatic rings. The van der Waals surface area contributed by atoms with Crippen molar-refractivity contribution in [1.82, 2.24) is 0 Å². The number of esters is 1. The molecule has 1 atom stereocenters. The van der Waals surface area contributed by atoms with Crippen LogP contribution in [0.15, 0.2) is 16.6 Å². The number of halogens is 3. The predicted molar refractivity (Wildman–Crippen MR) is 63.3 cm³/mol. The largest absolute Gasteiger partial charge is 0.459 e. The van der Waals surface area contributed by atoms with Crippen LogP contribution in [0.2, 0.25) is 0 Å². The molecular weight excluding hydrogens is 310 g/mol. The minimum atomic E-state index is -1.01. The normalized spacial score (nSPS) is 18.9. The van der Waals surface area contributed by atoms with E-state index in [4.69, 9.17) is 9.47 Å². The molecule has 0 amide bonds. The molecule has 1 saturated heterocycles. The number of rotatable bonds is 3. The zero-order chi connectivity index (χ0) is 13.1. The summed E-state index contributed by atoms with van der Waals surface area (Å²) in [6.45, 7) is 0.650. The lowest BCUT2D eigenvalue weighted by molar-refractivity contribution is 0.0153. The second-order valence-corrected chi connectivity index (χ2v) is 4.89. The van der Waals surface area contributed by atoms with Gasteiger partial charge in [-0.05, 0) is 25.0 Å². The van der Waals surface area contributed by atoms with Gasteiger partial charge in [-0.1, -0.05) is 15.9 Å². The summed E-state index contributed by atoms with van der Waals surface area (Å²) < 4.78 is 37.3. The van der Waals surface area contributed by atoms with Crippen LogP contribution < -0.4 is 0 Å². The van der Waals surface area contributed by atoms with Crippen molar-refractivity contribution in [3.63, 3.8) is 0 Å². The van der Waals surface area contributed by atoms with Gasteiger partial charge in [0.05, 0.1) is 6.10 Å². The van der Waals surface area contributed by atoms with Gasteiger partial charge in [0.15, 0.2) is 0 Å². The fraction of sp³-hybridized carbons (Fsp3) is 0.417. The molecular formula is C12H11BrF2O3. The molecule has 0 aliphatic carbocycles. The highest BCUT2D eigenvalue weighted by Crippen LogP contribution is 2.21. The van der Waals surface area contributed by atoms with Crippen LogP contribution in [0.4, 0.5) is 8.78 Å². The van der Waals surface area contributed by atoms with E-state index in [0.29, 0.717) is 6.61 Å². The Hall–Kier alpha value is -1.01. The van der Waals surface area contributed by atoms with Crippen molar-refractivity contribution < 1.29 is 23.0 Å². The molecule has 18 heavy (non-hydrogen) atoms. The molecule has 0 spiro atoms. The van der Waals surface area contributed by atoms with E-state index >= 15 is 0 Å². The summed E-state index contributed by atoms with van der Waals surface area (Å²) in [5.41, 5.74) is -0.670. The van der Waals surface area contributed by atoms with Gasteiger partial charge < -0.3 is 9.47 Å². The number of carbonyl (C=O) groups is 1. The molecule has 1 fully saturated rings. The molecule has 2 rings (SSSR count). The van der Waals surface area contributed by atoms with E-state index in [9.17, 15) is 13.6 Å². The highest BCUT2D eigenvalue weighted by atomic mass is 79.9. The average Bonchev–Trinajstić information content (AvgIpc) is 2.77. The van der Waals surface area contributed by atoms with E-state index in [2.05, 4.69) is 15.9 Å². The van der Waals surface area contributed by atoms with Gasteiger partial charge in [-0.3, -0.25) is 0 Å². The summed E-state index contributed by atoms with van der Waals surface area (Å²) in [7, 11) is 0. The Balaban J connectivity index is 2.04. The van der Waals surface area contributed by atoms with Crippen LogP contribution in [0.5, 0.6) is 0 Å². The molecule has 1 aromatic rings. The lowest BCUT2D eigenvalue weighted by Crippen LogP contribution is -2.19. The molecule has 0 N–H and O–H groups in total. The minimum Gasteiger partial charge on any atom is -0.459 e. The Bertz CT molecular complexity index is 436. The third kappa shape index (κ3) is 3.05. The van der Waals surface area contributed by atoms with Crippen LogP contribution in [0.25, 0.3) is 0 Å². The fourth-order valence-electron chi connectivity index (χ4n) is 1.75.